The van der Waals surface area contributed by atoms with Crippen molar-refractivity contribution < 1.29 is 14.3 Å². The number of rotatable bonds is 9. The Bertz CT molecular complexity index is 958. The number of amidine groups is 1. The van der Waals surface area contributed by atoms with Gasteiger partial charge in [-0.15, -0.1) is 6.58 Å². The molecule has 2 rings (SSSR count). The summed E-state index contributed by atoms with van der Waals surface area (Å²) in [6, 6.07) is 13.3. The Hall–Kier alpha value is -3.93. The Morgan fingerprint density at radius 1 is 1.07 bits per heavy atom. The smallest absolute Gasteiger partial charge is 0.343 e. The van der Waals surface area contributed by atoms with E-state index >= 15 is 0 Å². The summed E-state index contributed by atoms with van der Waals surface area (Å²) in [4.78, 5) is 25.9. The second kappa shape index (κ2) is 11.2. The fraction of sp³-hybridized carbons (Fsp3) is 0.125. The summed E-state index contributed by atoms with van der Waals surface area (Å²) in [6.07, 6.45) is 8.49. The van der Waals surface area contributed by atoms with Crippen LogP contribution in [0.5, 0.6) is 5.75 Å². The zero-order chi connectivity index (χ0) is 21.9. The summed E-state index contributed by atoms with van der Waals surface area (Å²) in [7, 11) is 0. The molecule has 0 aliphatic heterocycles. The molecule has 0 spiro atoms. The molecule has 1 amide bonds. The number of ether oxygens (including phenoxy) is 1. The van der Waals surface area contributed by atoms with Gasteiger partial charge in [-0.05, 0) is 48.9 Å². The molecule has 2 aromatic rings. The van der Waals surface area contributed by atoms with Gasteiger partial charge in [-0.1, -0.05) is 36.4 Å². The van der Waals surface area contributed by atoms with Crippen LogP contribution in [0.15, 0.2) is 79.4 Å². The second-order valence-electron chi connectivity index (χ2n) is 6.33. The molecule has 0 aliphatic rings. The van der Waals surface area contributed by atoms with Crippen molar-refractivity contribution in [2.45, 2.75) is 6.92 Å². The molecule has 0 saturated heterocycles. The quantitative estimate of drug-likeness (QED) is 0.127. The van der Waals surface area contributed by atoms with Crippen molar-refractivity contribution in [2.24, 2.45) is 5.73 Å². The van der Waals surface area contributed by atoms with Gasteiger partial charge in [0.2, 0.25) is 5.91 Å². The number of nitrogens with zero attached hydrogens (tertiary/aromatic N) is 1. The average molecular weight is 403 g/mol. The molecule has 0 radical (unpaired) electrons. The molecule has 154 valence electrons. The van der Waals surface area contributed by atoms with Gasteiger partial charge in [0.1, 0.15) is 11.6 Å². The number of nitrogens with one attached hydrogen (secondary N) is 1. The Morgan fingerprint density at radius 3 is 2.27 bits per heavy atom. The molecule has 6 heteroatoms. The highest BCUT2D eigenvalue weighted by Gasteiger charge is 2.08. The molecule has 0 bridgehead atoms. The SMILES string of the molecule is C=CCN(CC)C(=O)/C=C/C=C/c1ccc(C(=O)Oc2ccc(C(=N)N)cc2)cc1. The lowest BCUT2D eigenvalue weighted by atomic mass is 10.1. The first-order valence-electron chi connectivity index (χ1n) is 9.45. The number of allylic oxidation sites excluding steroid dienone is 2. The Morgan fingerprint density at radius 2 is 1.70 bits per heavy atom. The molecule has 2 aromatic carbocycles. The maximum Gasteiger partial charge on any atom is 0.343 e. The van der Waals surface area contributed by atoms with E-state index in [0.29, 0.717) is 30.0 Å². The van der Waals surface area contributed by atoms with Crippen molar-refractivity contribution >= 4 is 23.8 Å². The molecule has 30 heavy (non-hydrogen) atoms. The van der Waals surface area contributed by atoms with E-state index in [2.05, 4.69) is 6.58 Å². The predicted octanol–water partition coefficient (Wildman–Crippen LogP) is 3.79. The number of amides is 1. The van der Waals surface area contributed by atoms with E-state index in [0.717, 1.165) is 5.56 Å². The number of likely N-dealkylation sites (N-methyl/N-ethyl adjacent to an activating group) is 1. The number of hydrogen-bond acceptors (Lipinski definition) is 4. The standard InChI is InChI=1S/C24H25N3O3/c1-3-17-27(4-2)22(28)8-6-5-7-18-9-11-20(12-10-18)24(29)30-21-15-13-19(14-16-21)23(25)26/h3,5-16H,1,4,17H2,2H3,(H3,25,26)/b7-5+,8-6+. The molecule has 0 fully saturated rings. The minimum absolute atomic E-state index is 0.0461. The largest absolute Gasteiger partial charge is 0.423 e. The van der Waals surface area contributed by atoms with Crippen LogP contribution in [-0.2, 0) is 4.79 Å². The maximum absolute atomic E-state index is 12.3. The van der Waals surface area contributed by atoms with E-state index in [1.54, 1.807) is 71.7 Å². The molecule has 0 unspecified atom stereocenters. The fourth-order valence-corrected chi connectivity index (χ4v) is 2.54. The minimum Gasteiger partial charge on any atom is -0.423 e. The lowest BCUT2D eigenvalue weighted by Crippen LogP contribution is -2.29. The summed E-state index contributed by atoms with van der Waals surface area (Å²) in [5, 5.41) is 7.37. The van der Waals surface area contributed by atoms with Crippen molar-refractivity contribution in [1.29, 1.82) is 5.41 Å². The second-order valence-corrected chi connectivity index (χ2v) is 6.33. The van der Waals surface area contributed by atoms with Gasteiger partial charge < -0.3 is 15.4 Å². The number of nitrogen functional groups attached to an aromatic ring is 1. The van der Waals surface area contributed by atoms with Crippen LogP contribution in [0.3, 0.4) is 0 Å². The zero-order valence-corrected chi connectivity index (χ0v) is 16.9. The monoisotopic (exact) mass is 403 g/mol. The zero-order valence-electron chi connectivity index (χ0n) is 16.9. The molecular weight excluding hydrogens is 378 g/mol. The highest BCUT2D eigenvalue weighted by Crippen LogP contribution is 2.15. The van der Waals surface area contributed by atoms with Gasteiger partial charge >= 0.3 is 5.97 Å². The van der Waals surface area contributed by atoms with Crippen LogP contribution in [0.25, 0.3) is 6.08 Å². The molecule has 3 N–H and O–H groups in total. The van der Waals surface area contributed by atoms with Crippen molar-refractivity contribution in [1.82, 2.24) is 4.90 Å². The Labute approximate surface area is 176 Å². The third kappa shape index (κ3) is 6.60. The average Bonchev–Trinajstić information content (AvgIpc) is 2.75. The van der Waals surface area contributed by atoms with Gasteiger partial charge in [0.25, 0.3) is 0 Å². The number of hydrogen-bond donors (Lipinski definition) is 2. The van der Waals surface area contributed by atoms with Crippen LogP contribution < -0.4 is 10.5 Å². The number of carbonyl (C=O) groups excluding carboxylic acids is 2. The predicted molar refractivity (Wildman–Crippen MR) is 119 cm³/mol. The van der Waals surface area contributed by atoms with Crippen molar-refractivity contribution in [2.75, 3.05) is 13.1 Å². The van der Waals surface area contributed by atoms with Gasteiger partial charge in [-0.2, -0.15) is 0 Å². The number of nitrogens with two attached hydrogens (primary N) is 1. The summed E-state index contributed by atoms with van der Waals surface area (Å²) in [6.45, 7) is 6.70. The summed E-state index contributed by atoms with van der Waals surface area (Å²) < 4.78 is 5.32. The lowest BCUT2D eigenvalue weighted by Gasteiger charge is -2.16. The van der Waals surface area contributed by atoms with E-state index in [9.17, 15) is 9.59 Å². The van der Waals surface area contributed by atoms with Gasteiger partial charge in [0.15, 0.2) is 0 Å². The topological polar surface area (TPSA) is 96.5 Å². The number of carbonyl (C=O) groups is 2. The molecule has 0 aromatic heterocycles. The number of benzene rings is 2. The van der Waals surface area contributed by atoms with Gasteiger partial charge in [0.05, 0.1) is 5.56 Å². The molecular formula is C24H25N3O3. The summed E-state index contributed by atoms with van der Waals surface area (Å²) in [5.41, 5.74) is 7.26. The van der Waals surface area contributed by atoms with Crippen LogP contribution in [0, 0.1) is 5.41 Å². The van der Waals surface area contributed by atoms with E-state index in [4.69, 9.17) is 15.9 Å². The van der Waals surface area contributed by atoms with Crippen LogP contribution in [0.4, 0.5) is 0 Å². The molecule has 0 heterocycles. The summed E-state index contributed by atoms with van der Waals surface area (Å²) in [5.74, 6) is -0.221. The first-order valence-corrected chi connectivity index (χ1v) is 9.45. The normalized spacial score (nSPS) is 10.8. The molecule has 0 atom stereocenters. The van der Waals surface area contributed by atoms with Crippen molar-refractivity contribution in [3.8, 4) is 5.75 Å². The Balaban J connectivity index is 1.93. The van der Waals surface area contributed by atoms with E-state index < -0.39 is 5.97 Å². The fourth-order valence-electron chi connectivity index (χ4n) is 2.54. The third-order valence-electron chi connectivity index (χ3n) is 4.20. The molecule has 6 nitrogen and oxygen atoms in total. The first kappa shape index (κ1) is 22.4. The molecule has 0 aliphatic carbocycles. The third-order valence-corrected chi connectivity index (χ3v) is 4.20. The highest BCUT2D eigenvalue weighted by molar-refractivity contribution is 5.95. The lowest BCUT2D eigenvalue weighted by molar-refractivity contribution is -0.125. The van der Waals surface area contributed by atoms with E-state index in [-0.39, 0.29) is 11.7 Å². The Kier molecular flexibility index (Phi) is 8.32. The van der Waals surface area contributed by atoms with Crippen molar-refractivity contribution in [3.05, 3.63) is 96.1 Å². The van der Waals surface area contributed by atoms with Crippen LogP contribution in [0.1, 0.15) is 28.4 Å². The van der Waals surface area contributed by atoms with Crippen molar-refractivity contribution in [3.63, 3.8) is 0 Å². The van der Waals surface area contributed by atoms with Crippen LogP contribution in [0.2, 0.25) is 0 Å². The van der Waals surface area contributed by atoms with E-state index in [1.807, 2.05) is 13.0 Å². The minimum atomic E-state index is -0.478. The van der Waals surface area contributed by atoms with Crippen LogP contribution >= 0.6 is 0 Å². The number of esters is 1. The van der Waals surface area contributed by atoms with Crippen LogP contribution in [-0.4, -0.2) is 35.7 Å². The molecule has 0 saturated carbocycles. The van der Waals surface area contributed by atoms with Gasteiger partial charge in [-0.3, -0.25) is 10.2 Å². The highest BCUT2D eigenvalue weighted by atomic mass is 16.5. The maximum atomic E-state index is 12.3. The van der Waals surface area contributed by atoms with E-state index in [1.165, 1.54) is 6.08 Å². The summed E-state index contributed by atoms with van der Waals surface area (Å²) >= 11 is 0. The van der Waals surface area contributed by atoms with Gasteiger partial charge in [0, 0.05) is 24.7 Å². The first-order chi connectivity index (χ1) is 14.4. The van der Waals surface area contributed by atoms with Gasteiger partial charge in [-0.25, -0.2) is 4.79 Å².